The molecule has 0 bridgehead atoms. The fourth-order valence-corrected chi connectivity index (χ4v) is 1.66. The van der Waals surface area contributed by atoms with Crippen molar-refractivity contribution in [3.05, 3.63) is 0 Å². The third-order valence-corrected chi connectivity index (χ3v) is 2.44. The van der Waals surface area contributed by atoms with Crippen LogP contribution in [0.1, 0.15) is 34.1 Å². The van der Waals surface area contributed by atoms with E-state index in [0.29, 0.717) is 6.61 Å². The Bertz CT molecular complexity index is 263. The van der Waals surface area contributed by atoms with Crippen LogP contribution in [0.15, 0.2) is 0 Å². The van der Waals surface area contributed by atoms with Gasteiger partial charge in [-0.15, -0.1) is 0 Å². The van der Waals surface area contributed by atoms with Gasteiger partial charge in [-0.1, -0.05) is 13.8 Å². The van der Waals surface area contributed by atoms with E-state index in [9.17, 15) is 14.7 Å². The molecule has 1 amide bonds. The van der Waals surface area contributed by atoms with Crippen LogP contribution in [0.3, 0.4) is 0 Å². The molecule has 0 aliphatic rings. The van der Waals surface area contributed by atoms with Crippen LogP contribution in [-0.2, 0) is 14.3 Å². The smallest absolute Gasteiger partial charge is 0.329 e. The summed E-state index contributed by atoms with van der Waals surface area (Å²) in [6.07, 6.45) is -0.695. The number of aliphatic hydroxyl groups excluding tert-OH is 1. The van der Waals surface area contributed by atoms with Gasteiger partial charge < -0.3 is 14.7 Å². The molecule has 0 aliphatic heterocycles. The molecule has 0 fully saturated rings. The second-order valence-electron chi connectivity index (χ2n) is 4.50. The lowest BCUT2D eigenvalue weighted by atomic mass is 10.0. The minimum absolute atomic E-state index is 0.0130. The van der Waals surface area contributed by atoms with Gasteiger partial charge in [-0.2, -0.15) is 0 Å². The maximum absolute atomic E-state index is 11.8. The number of nitrogens with zero attached hydrogens (tertiary/aromatic N) is 1. The van der Waals surface area contributed by atoms with Crippen LogP contribution in [0, 0.1) is 5.92 Å². The molecule has 5 nitrogen and oxygen atoms in total. The highest BCUT2D eigenvalue weighted by molar-refractivity contribution is 5.84. The summed E-state index contributed by atoms with van der Waals surface area (Å²) in [5.74, 6) is -0.687. The quantitative estimate of drug-likeness (QED) is 0.703. The Kier molecular flexibility index (Phi) is 6.80. The Balaban J connectivity index is 4.70. The standard InChI is InChI=1S/C12H23NO4/c1-6-17-12(16)11(8(2)3)13(5)10(15)7-9(4)14/h8-9,11,14H,6-7H2,1-5H3/t9-,11-/m1/s1. The number of carbonyl (C=O) groups excluding carboxylic acids is 2. The van der Waals surface area contributed by atoms with E-state index in [1.165, 1.54) is 4.90 Å². The largest absolute Gasteiger partial charge is 0.464 e. The number of hydrogen-bond acceptors (Lipinski definition) is 4. The predicted octanol–water partition coefficient (Wildman–Crippen LogP) is 0.803. The van der Waals surface area contributed by atoms with E-state index in [4.69, 9.17) is 4.74 Å². The Morgan fingerprint density at radius 2 is 1.82 bits per heavy atom. The van der Waals surface area contributed by atoms with Crippen molar-refractivity contribution in [3.8, 4) is 0 Å². The van der Waals surface area contributed by atoms with Crippen molar-refractivity contribution < 1.29 is 19.4 Å². The van der Waals surface area contributed by atoms with E-state index in [2.05, 4.69) is 0 Å². The van der Waals surface area contributed by atoms with E-state index in [0.717, 1.165) is 0 Å². The van der Waals surface area contributed by atoms with Crippen molar-refractivity contribution in [2.24, 2.45) is 5.92 Å². The molecule has 0 unspecified atom stereocenters. The van der Waals surface area contributed by atoms with Crippen molar-refractivity contribution in [1.82, 2.24) is 4.90 Å². The molecule has 0 heterocycles. The first-order chi connectivity index (χ1) is 7.81. The summed E-state index contributed by atoms with van der Waals surface area (Å²) in [6, 6.07) is -0.596. The van der Waals surface area contributed by atoms with Gasteiger partial charge in [0, 0.05) is 7.05 Å². The molecule has 1 N–H and O–H groups in total. The molecule has 0 radical (unpaired) electrons. The molecular formula is C12H23NO4. The number of hydrogen-bond donors (Lipinski definition) is 1. The summed E-state index contributed by atoms with van der Waals surface area (Å²) in [4.78, 5) is 24.9. The first kappa shape index (κ1) is 15.9. The maximum atomic E-state index is 11.8. The van der Waals surface area contributed by atoms with Crippen molar-refractivity contribution in [3.63, 3.8) is 0 Å². The van der Waals surface area contributed by atoms with E-state index >= 15 is 0 Å². The molecule has 0 aromatic carbocycles. The van der Waals surface area contributed by atoms with Gasteiger partial charge in [0.25, 0.3) is 0 Å². The van der Waals surface area contributed by atoms with Gasteiger partial charge in [0.2, 0.25) is 5.91 Å². The van der Waals surface area contributed by atoms with Crippen molar-refractivity contribution in [2.45, 2.75) is 46.3 Å². The highest BCUT2D eigenvalue weighted by Crippen LogP contribution is 2.13. The number of carbonyl (C=O) groups is 2. The van der Waals surface area contributed by atoms with Crippen molar-refractivity contribution >= 4 is 11.9 Å². The van der Waals surface area contributed by atoms with E-state index in [1.807, 2.05) is 13.8 Å². The van der Waals surface area contributed by atoms with Gasteiger partial charge in [0.15, 0.2) is 0 Å². The van der Waals surface area contributed by atoms with Crippen LogP contribution in [0.4, 0.5) is 0 Å². The number of esters is 1. The predicted molar refractivity (Wildman–Crippen MR) is 64.3 cm³/mol. The zero-order valence-electron chi connectivity index (χ0n) is 11.3. The summed E-state index contributed by atoms with van der Waals surface area (Å²) in [5, 5.41) is 9.17. The summed E-state index contributed by atoms with van der Waals surface area (Å²) in [5.41, 5.74) is 0. The Morgan fingerprint density at radius 1 is 1.29 bits per heavy atom. The zero-order chi connectivity index (χ0) is 13.6. The molecule has 0 spiro atoms. The molecule has 0 aromatic rings. The van der Waals surface area contributed by atoms with Gasteiger partial charge in [-0.05, 0) is 19.8 Å². The lowest BCUT2D eigenvalue weighted by Gasteiger charge is -2.29. The highest BCUT2D eigenvalue weighted by Gasteiger charge is 2.31. The summed E-state index contributed by atoms with van der Waals surface area (Å²) >= 11 is 0. The minimum atomic E-state index is -0.708. The maximum Gasteiger partial charge on any atom is 0.329 e. The summed E-state index contributed by atoms with van der Waals surface area (Å²) < 4.78 is 4.95. The van der Waals surface area contributed by atoms with Gasteiger partial charge in [-0.3, -0.25) is 4.79 Å². The lowest BCUT2D eigenvalue weighted by molar-refractivity contribution is -0.156. The number of amides is 1. The number of rotatable bonds is 6. The van der Waals surface area contributed by atoms with E-state index < -0.39 is 18.1 Å². The number of likely N-dealkylation sites (N-methyl/N-ethyl adjacent to an activating group) is 1. The topological polar surface area (TPSA) is 66.8 Å². The van der Waals surface area contributed by atoms with Crippen LogP contribution < -0.4 is 0 Å². The van der Waals surface area contributed by atoms with Crippen molar-refractivity contribution in [1.29, 1.82) is 0 Å². The van der Waals surface area contributed by atoms with Crippen LogP contribution in [0.5, 0.6) is 0 Å². The van der Waals surface area contributed by atoms with E-state index in [1.54, 1.807) is 20.9 Å². The fraction of sp³-hybridized carbons (Fsp3) is 0.833. The monoisotopic (exact) mass is 245 g/mol. The molecule has 0 aliphatic carbocycles. The van der Waals surface area contributed by atoms with Gasteiger partial charge in [0.1, 0.15) is 6.04 Å². The second kappa shape index (κ2) is 7.27. The molecular weight excluding hydrogens is 222 g/mol. The Morgan fingerprint density at radius 3 is 2.18 bits per heavy atom. The third kappa shape index (κ3) is 5.17. The van der Waals surface area contributed by atoms with Gasteiger partial charge >= 0.3 is 5.97 Å². The molecule has 0 saturated heterocycles. The second-order valence-corrected chi connectivity index (χ2v) is 4.50. The fourth-order valence-electron chi connectivity index (χ4n) is 1.66. The molecule has 0 aromatic heterocycles. The Hall–Kier alpha value is -1.10. The zero-order valence-corrected chi connectivity index (χ0v) is 11.3. The summed E-state index contributed by atoms with van der Waals surface area (Å²) in [6.45, 7) is 7.27. The number of ether oxygens (including phenoxy) is 1. The first-order valence-electron chi connectivity index (χ1n) is 5.91. The molecule has 17 heavy (non-hydrogen) atoms. The minimum Gasteiger partial charge on any atom is -0.464 e. The highest BCUT2D eigenvalue weighted by atomic mass is 16.5. The first-order valence-corrected chi connectivity index (χ1v) is 5.91. The lowest BCUT2D eigenvalue weighted by Crippen LogP contribution is -2.47. The molecule has 2 atom stereocenters. The van der Waals surface area contributed by atoms with Crippen LogP contribution in [0.2, 0.25) is 0 Å². The van der Waals surface area contributed by atoms with Gasteiger partial charge in [0.05, 0.1) is 19.1 Å². The average Bonchev–Trinajstić information content (AvgIpc) is 2.16. The van der Waals surface area contributed by atoms with Crippen LogP contribution in [0.25, 0.3) is 0 Å². The third-order valence-electron chi connectivity index (χ3n) is 2.44. The molecule has 5 heteroatoms. The van der Waals surface area contributed by atoms with Gasteiger partial charge in [-0.25, -0.2) is 4.79 Å². The molecule has 100 valence electrons. The molecule has 0 saturated carbocycles. The Labute approximate surface area is 103 Å². The normalized spacial score (nSPS) is 14.3. The molecule has 0 rings (SSSR count). The number of aliphatic hydroxyl groups is 1. The summed E-state index contributed by atoms with van der Waals surface area (Å²) in [7, 11) is 1.56. The van der Waals surface area contributed by atoms with Crippen LogP contribution in [-0.4, -0.2) is 47.7 Å². The van der Waals surface area contributed by atoms with Crippen LogP contribution >= 0.6 is 0 Å². The SMILES string of the molecule is CCOC(=O)[C@@H](C(C)C)N(C)C(=O)C[C@@H](C)O. The van der Waals surface area contributed by atoms with Crippen molar-refractivity contribution in [2.75, 3.05) is 13.7 Å². The van der Waals surface area contributed by atoms with E-state index in [-0.39, 0.29) is 18.2 Å². The average molecular weight is 245 g/mol.